The molecular formula is C10H18F3NO2. The van der Waals surface area contributed by atoms with Crippen LogP contribution in [0.1, 0.15) is 27.2 Å². The van der Waals surface area contributed by atoms with Gasteiger partial charge in [0.2, 0.25) is 0 Å². The summed E-state index contributed by atoms with van der Waals surface area (Å²) in [5.74, 6) is -0.611. The first-order valence-electron chi connectivity index (χ1n) is 5.29. The Labute approximate surface area is 93.6 Å². The molecule has 0 N–H and O–H groups in total. The van der Waals surface area contributed by atoms with Gasteiger partial charge < -0.3 is 4.74 Å². The summed E-state index contributed by atoms with van der Waals surface area (Å²) in [4.78, 5) is 12.4. The maximum absolute atomic E-state index is 12.2. The molecule has 0 bridgehead atoms. The number of carbonyl (C=O) groups is 1. The van der Waals surface area contributed by atoms with Crippen LogP contribution in [0.3, 0.4) is 0 Å². The molecule has 1 atom stereocenters. The molecule has 0 aliphatic heterocycles. The fraction of sp³-hybridized carbons (Fsp3) is 0.900. The van der Waals surface area contributed by atoms with Gasteiger partial charge >= 0.3 is 12.1 Å². The third kappa shape index (κ3) is 5.95. The molecule has 96 valence electrons. The first-order valence-corrected chi connectivity index (χ1v) is 5.29. The van der Waals surface area contributed by atoms with E-state index < -0.39 is 24.7 Å². The van der Waals surface area contributed by atoms with E-state index in [0.717, 1.165) is 4.90 Å². The molecule has 0 rings (SSSR count). The fourth-order valence-electron chi connectivity index (χ4n) is 1.34. The second-order valence-corrected chi connectivity index (χ2v) is 3.51. The Hall–Kier alpha value is -0.780. The monoisotopic (exact) mass is 241 g/mol. The molecule has 0 aromatic carbocycles. The van der Waals surface area contributed by atoms with Gasteiger partial charge in [0.05, 0.1) is 13.2 Å². The lowest BCUT2D eigenvalue weighted by Gasteiger charge is -2.27. The summed E-state index contributed by atoms with van der Waals surface area (Å²) >= 11 is 0. The summed E-state index contributed by atoms with van der Waals surface area (Å²) in [6.07, 6.45) is -3.74. The zero-order valence-corrected chi connectivity index (χ0v) is 9.80. The number of ether oxygens (including phenoxy) is 1. The van der Waals surface area contributed by atoms with Crippen LogP contribution in [0.4, 0.5) is 13.2 Å². The number of hydrogen-bond acceptors (Lipinski definition) is 3. The topological polar surface area (TPSA) is 29.5 Å². The highest BCUT2D eigenvalue weighted by Crippen LogP contribution is 2.18. The van der Waals surface area contributed by atoms with E-state index in [1.54, 1.807) is 13.8 Å². The molecule has 0 fully saturated rings. The Balaban J connectivity index is 4.45. The van der Waals surface area contributed by atoms with E-state index >= 15 is 0 Å². The molecule has 0 heterocycles. The van der Waals surface area contributed by atoms with Crippen LogP contribution in [-0.4, -0.2) is 42.8 Å². The van der Waals surface area contributed by atoms with Gasteiger partial charge in [-0.2, -0.15) is 13.2 Å². The molecule has 0 aliphatic carbocycles. The molecule has 6 heteroatoms. The molecule has 16 heavy (non-hydrogen) atoms. The van der Waals surface area contributed by atoms with Crippen LogP contribution in [0.25, 0.3) is 0 Å². The van der Waals surface area contributed by atoms with E-state index in [1.807, 2.05) is 0 Å². The largest absolute Gasteiger partial charge is 0.465 e. The van der Waals surface area contributed by atoms with Gasteiger partial charge in [-0.3, -0.25) is 9.69 Å². The third-order valence-corrected chi connectivity index (χ3v) is 2.07. The van der Waals surface area contributed by atoms with Crippen LogP contribution in [-0.2, 0) is 9.53 Å². The SMILES string of the molecule is CCCN(CC(F)(F)F)C(C)C(=O)OCC. The lowest BCUT2D eigenvalue weighted by Crippen LogP contribution is -2.45. The van der Waals surface area contributed by atoms with Crippen molar-refractivity contribution in [2.24, 2.45) is 0 Å². The zero-order chi connectivity index (χ0) is 12.8. The van der Waals surface area contributed by atoms with Crippen molar-refractivity contribution in [3.63, 3.8) is 0 Å². The lowest BCUT2D eigenvalue weighted by molar-refractivity contribution is -0.163. The summed E-state index contributed by atoms with van der Waals surface area (Å²) in [5.41, 5.74) is 0. The minimum atomic E-state index is -4.30. The van der Waals surface area contributed by atoms with Crippen molar-refractivity contribution in [2.75, 3.05) is 19.7 Å². The molecule has 0 aromatic rings. The van der Waals surface area contributed by atoms with Crippen molar-refractivity contribution in [2.45, 2.75) is 39.4 Å². The van der Waals surface area contributed by atoms with E-state index in [2.05, 4.69) is 0 Å². The maximum Gasteiger partial charge on any atom is 0.401 e. The van der Waals surface area contributed by atoms with Crippen LogP contribution in [0, 0.1) is 0 Å². The zero-order valence-electron chi connectivity index (χ0n) is 9.80. The van der Waals surface area contributed by atoms with Crippen molar-refractivity contribution in [3.8, 4) is 0 Å². The van der Waals surface area contributed by atoms with Crippen molar-refractivity contribution in [1.29, 1.82) is 0 Å². The average Bonchev–Trinajstić information content (AvgIpc) is 2.14. The van der Waals surface area contributed by atoms with Gasteiger partial charge in [-0.05, 0) is 26.8 Å². The second-order valence-electron chi connectivity index (χ2n) is 3.51. The summed E-state index contributed by atoms with van der Waals surface area (Å²) in [6.45, 7) is 4.13. The van der Waals surface area contributed by atoms with Crippen molar-refractivity contribution in [1.82, 2.24) is 4.90 Å². The minimum Gasteiger partial charge on any atom is -0.465 e. The summed E-state index contributed by atoms with van der Waals surface area (Å²) in [5, 5.41) is 0. The lowest BCUT2D eigenvalue weighted by atomic mass is 10.2. The second kappa shape index (κ2) is 6.73. The van der Waals surface area contributed by atoms with Gasteiger partial charge in [-0.1, -0.05) is 6.92 Å². The van der Waals surface area contributed by atoms with Crippen LogP contribution in [0.2, 0.25) is 0 Å². The van der Waals surface area contributed by atoms with E-state index in [9.17, 15) is 18.0 Å². The van der Waals surface area contributed by atoms with Gasteiger partial charge in [0.1, 0.15) is 6.04 Å². The number of halogens is 3. The van der Waals surface area contributed by atoms with Gasteiger partial charge in [-0.15, -0.1) is 0 Å². The van der Waals surface area contributed by atoms with Crippen molar-refractivity contribution in [3.05, 3.63) is 0 Å². The first kappa shape index (κ1) is 15.2. The van der Waals surface area contributed by atoms with Gasteiger partial charge in [0, 0.05) is 0 Å². The predicted molar refractivity (Wildman–Crippen MR) is 54.0 cm³/mol. The quantitative estimate of drug-likeness (QED) is 0.668. The molecule has 3 nitrogen and oxygen atoms in total. The summed E-state index contributed by atoms with van der Waals surface area (Å²) in [6, 6.07) is -0.860. The standard InChI is InChI=1S/C10H18F3NO2/c1-4-6-14(7-10(11,12)13)8(3)9(15)16-5-2/h8H,4-7H2,1-3H3. The van der Waals surface area contributed by atoms with E-state index in [1.165, 1.54) is 6.92 Å². The van der Waals surface area contributed by atoms with Gasteiger partial charge in [-0.25, -0.2) is 0 Å². The normalized spacial score (nSPS) is 13.9. The Morgan fingerprint density at radius 2 is 1.94 bits per heavy atom. The molecule has 0 aromatic heterocycles. The molecular weight excluding hydrogens is 223 g/mol. The number of rotatable bonds is 6. The maximum atomic E-state index is 12.2. The molecule has 0 spiro atoms. The average molecular weight is 241 g/mol. The highest BCUT2D eigenvalue weighted by atomic mass is 19.4. The molecule has 0 amide bonds. The number of carbonyl (C=O) groups excluding carboxylic acids is 1. The van der Waals surface area contributed by atoms with Crippen LogP contribution < -0.4 is 0 Å². The Morgan fingerprint density at radius 1 is 1.38 bits per heavy atom. The van der Waals surface area contributed by atoms with Crippen LogP contribution in [0.5, 0.6) is 0 Å². The highest BCUT2D eigenvalue weighted by molar-refractivity contribution is 5.75. The first-order chi connectivity index (χ1) is 7.31. The Kier molecular flexibility index (Phi) is 6.40. The summed E-state index contributed by atoms with van der Waals surface area (Å²) < 4.78 is 41.4. The highest BCUT2D eigenvalue weighted by Gasteiger charge is 2.34. The van der Waals surface area contributed by atoms with Crippen molar-refractivity contribution < 1.29 is 22.7 Å². The Morgan fingerprint density at radius 3 is 2.31 bits per heavy atom. The molecule has 0 saturated carbocycles. The number of esters is 1. The van der Waals surface area contributed by atoms with Gasteiger partial charge in [0.15, 0.2) is 0 Å². The Bertz CT molecular complexity index is 219. The fourth-order valence-corrected chi connectivity index (χ4v) is 1.34. The predicted octanol–water partition coefficient (Wildman–Crippen LogP) is 2.21. The number of hydrogen-bond donors (Lipinski definition) is 0. The third-order valence-electron chi connectivity index (χ3n) is 2.07. The summed E-state index contributed by atoms with van der Waals surface area (Å²) in [7, 11) is 0. The number of nitrogens with zero attached hydrogens (tertiary/aromatic N) is 1. The molecule has 0 radical (unpaired) electrons. The number of alkyl halides is 3. The van der Waals surface area contributed by atoms with E-state index in [4.69, 9.17) is 4.74 Å². The van der Waals surface area contributed by atoms with E-state index in [0.29, 0.717) is 6.42 Å². The van der Waals surface area contributed by atoms with Crippen molar-refractivity contribution >= 4 is 5.97 Å². The molecule has 0 saturated heterocycles. The molecule has 0 aliphatic rings. The smallest absolute Gasteiger partial charge is 0.401 e. The van der Waals surface area contributed by atoms with Gasteiger partial charge in [0.25, 0.3) is 0 Å². The van der Waals surface area contributed by atoms with E-state index in [-0.39, 0.29) is 13.2 Å². The van der Waals surface area contributed by atoms with Crippen LogP contribution >= 0.6 is 0 Å². The minimum absolute atomic E-state index is 0.176. The van der Waals surface area contributed by atoms with Crippen LogP contribution in [0.15, 0.2) is 0 Å². The molecule has 1 unspecified atom stereocenters.